The highest BCUT2D eigenvalue weighted by molar-refractivity contribution is 5.96. The Morgan fingerprint density at radius 3 is 2.96 bits per heavy atom. The van der Waals surface area contributed by atoms with Crippen LogP contribution in [0, 0.1) is 0 Å². The van der Waals surface area contributed by atoms with Gasteiger partial charge in [-0.25, -0.2) is 0 Å². The molecule has 1 atom stereocenters. The molecule has 1 aliphatic rings. The van der Waals surface area contributed by atoms with Gasteiger partial charge in [-0.1, -0.05) is 17.3 Å². The fourth-order valence-electron chi connectivity index (χ4n) is 2.75. The van der Waals surface area contributed by atoms with Crippen molar-refractivity contribution in [2.45, 2.75) is 25.9 Å². The Labute approximate surface area is 146 Å². The lowest BCUT2D eigenvalue weighted by Gasteiger charge is -2.29. The highest BCUT2D eigenvalue weighted by atomic mass is 16.6. The Morgan fingerprint density at radius 1 is 1.36 bits per heavy atom. The van der Waals surface area contributed by atoms with Crippen LogP contribution in [0.2, 0.25) is 0 Å². The molecule has 2 heterocycles. The maximum absolute atomic E-state index is 12.6. The van der Waals surface area contributed by atoms with E-state index in [1.165, 1.54) is 0 Å². The Bertz CT molecular complexity index is 756. The summed E-state index contributed by atoms with van der Waals surface area (Å²) in [6, 6.07) is 9.39. The largest absolute Gasteiger partial charge is 0.493 e. The van der Waals surface area contributed by atoms with Crippen molar-refractivity contribution in [2.24, 2.45) is 12.2 Å². The SMILES string of the molecule is CCOc1ccccc1C=NOC1CCCN(c2ccn(C)n2)C1=O. The predicted molar refractivity (Wildman–Crippen MR) is 94.9 cm³/mol. The van der Waals surface area contributed by atoms with Crippen LogP contribution >= 0.6 is 0 Å². The fourth-order valence-corrected chi connectivity index (χ4v) is 2.75. The van der Waals surface area contributed by atoms with E-state index in [4.69, 9.17) is 9.57 Å². The number of ether oxygens (including phenoxy) is 1. The monoisotopic (exact) mass is 342 g/mol. The van der Waals surface area contributed by atoms with Gasteiger partial charge in [-0.3, -0.25) is 14.4 Å². The van der Waals surface area contributed by atoms with E-state index in [0.29, 0.717) is 25.4 Å². The van der Waals surface area contributed by atoms with E-state index in [2.05, 4.69) is 10.3 Å². The third kappa shape index (κ3) is 3.99. The average molecular weight is 342 g/mol. The molecule has 1 unspecified atom stereocenters. The molecule has 2 aromatic rings. The van der Waals surface area contributed by atoms with Crippen LogP contribution in [-0.2, 0) is 16.7 Å². The number of amides is 1. The lowest BCUT2D eigenvalue weighted by molar-refractivity contribution is -0.132. The summed E-state index contributed by atoms with van der Waals surface area (Å²) < 4.78 is 7.22. The normalized spacial score (nSPS) is 17.9. The van der Waals surface area contributed by atoms with Gasteiger partial charge in [-0.15, -0.1) is 0 Å². The number of hydrogen-bond donors (Lipinski definition) is 0. The summed E-state index contributed by atoms with van der Waals surface area (Å²) in [7, 11) is 1.83. The number of aromatic nitrogens is 2. The summed E-state index contributed by atoms with van der Waals surface area (Å²) >= 11 is 0. The molecule has 0 aliphatic carbocycles. The van der Waals surface area contributed by atoms with Crippen molar-refractivity contribution in [3.05, 3.63) is 42.1 Å². The van der Waals surface area contributed by atoms with Crippen LogP contribution in [0.1, 0.15) is 25.3 Å². The minimum absolute atomic E-state index is 0.111. The third-order valence-corrected chi connectivity index (χ3v) is 3.96. The molecule has 0 N–H and O–H groups in total. The standard InChI is InChI=1S/C18H22N4O3/c1-3-24-15-8-5-4-7-14(15)13-19-25-16-9-6-11-22(18(16)23)17-10-12-21(2)20-17/h4-5,7-8,10,12-13,16H,3,6,9,11H2,1-2H3. The highest BCUT2D eigenvalue weighted by Crippen LogP contribution is 2.21. The molecule has 1 amide bonds. The Morgan fingerprint density at radius 2 is 2.20 bits per heavy atom. The van der Waals surface area contributed by atoms with Gasteiger partial charge in [0.25, 0.3) is 5.91 Å². The van der Waals surface area contributed by atoms with Crippen LogP contribution in [0.5, 0.6) is 5.75 Å². The first-order chi connectivity index (χ1) is 12.2. The van der Waals surface area contributed by atoms with Crippen LogP contribution in [0.25, 0.3) is 0 Å². The van der Waals surface area contributed by atoms with Crippen molar-refractivity contribution in [1.29, 1.82) is 0 Å². The van der Waals surface area contributed by atoms with Crippen molar-refractivity contribution in [3.63, 3.8) is 0 Å². The summed E-state index contributed by atoms with van der Waals surface area (Å²) in [6.45, 7) is 3.15. The van der Waals surface area contributed by atoms with Crippen LogP contribution in [-0.4, -0.2) is 41.2 Å². The first-order valence-electron chi connectivity index (χ1n) is 8.41. The molecular formula is C18H22N4O3. The molecule has 3 rings (SSSR count). The molecule has 0 saturated carbocycles. The number of oxime groups is 1. The fraction of sp³-hybridized carbons (Fsp3) is 0.389. The summed E-state index contributed by atoms with van der Waals surface area (Å²) in [5, 5.41) is 8.30. The molecule has 1 aromatic heterocycles. The van der Waals surface area contributed by atoms with Crippen LogP contribution in [0.15, 0.2) is 41.7 Å². The minimum atomic E-state index is -0.591. The van der Waals surface area contributed by atoms with E-state index in [1.807, 2.05) is 50.5 Å². The van der Waals surface area contributed by atoms with Crippen LogP contribution in [0.3, 0.4) is 0 Å². The maximum atomic E-state index is 12.6. The lowest BCUT2D eigenvalue weighted by atomic mass is 10.1. The lowest BCUT2D eigenvalue weighted by Crippen LogP contribution is -2.45. The molecular weight excluding hydrogens is 320 g/mol. The quantitative estimate of drug-likeness (QED) is 0.597. The van der Waals surface area contributed by atoms with E-state index in [0.717, 1.165) is 17.7 Å². The first kappa shape index (κ1) is 17.0. The molecule has 1 aromatic carbocycles. The van der Waals surface area contributed by atoms with E-state index >= 15 is 0 Å². The number of para-hydroxylation sites is 1. The second-order valence-corrected chi connectivity index (χ2v) is 5.78. The van der Waals surface area contributed by atoms with Crippen molar-refractivity contribution in [1.82, 2.24) is 9.78 Å². The van der Waals surface area contributed by atoms with E-state index in [9.17, 15) is 4.79 Å². The van der Waals surface area contributed by atoms with Crippen molar-refractivity contribution in [2.75, 3.05) is 18.1 Å². The molecule has 1 saturated heterocycles. The molecule has 25 heavy (non-hydrogen) atoms. The first-order valence-corrected chi connectivity index (χ1v) is 8.41. The molecule has 1 aliphatic heterocycles. The maximum Gasteiger partial charge on any atom is 0.272 e. The van der Waals surface area contributed by atoms with Crippen LogP contribution < -0.4 is 9.64 Å². The Kier molecular flexibility index (Phi) is 5.33. The van der Waals surface area contributed by atoms with Gasteiger partial charge in [0, 0.05) is 31.4 Å². The number of aryl methyl sites for hydroxylation is 1. The Hall–Kier alpha value is -2.83. The number of nitrogens with zero attached hydrogens (tertiary/aromatic N) is 4. The predicted octanol–water partition coefficient (Wildman–Crippen LogP) is 2.36. The summed E-state index contributed by atoms with van der Waals surface area (Å²) in [4.78, 5) is 19.7. The molecule has 0 radical (unpaired) electrons. The van der Waals surface area contributed by atoms with E-state index < -0.39 is 6.10 Å². The number of piperidine rings is 1. The molecule has 7 nitrogen and oxygen atoms in total. The van der Waals surface area contributed by atoms with Gasteiger partial charge in [0.05, 0.1) is 12.8 Å². The zero-order chi connectivity index (χ0) is 17.6. The van der Waals surface area contributed by atoms with Gasteiger partial charge in [0.1, 0.15) is 5.75 Å². The molecule has 0 spiro atoms. The topological polar surface area (TPSA) is 69.0 Å². The van der Waals surface area contributed by atoms with E-state index in [1.54, 1.807) is 15.8 Å². The minimum Gasteiger partial charge on any atom is -0.493 e. The van der Waals surface area contributed by atoms with Gasteiger partial charge in [-0.05, 0) is 31.9 Å². The van der Waals surface area contributed by atoms with Crippen LogP contribution in [0.4, 0.5) is 5.82 Å². The van der Waals surface area contributed by atoms with E-state index in [-0.39, 0.29) is 5.91 Å². The smallest absolute Gasteiger partial charge is 0.272 e. The molecule has 7 heteroatoms. The highest BCUT2D eigenvalue weighted by Gasteiger charge is 2.32. The van der Waals surface area contributed by atoms with Gasteiger partial charge < -0.3 is 9.57 Å². The number of anilines is 1. The second kappa shape index (κ2) is 7.83. The zero-order valence-electron chi connectivity index (χ0n) is 14.5. The average Bonchev–Trinajstić information content (AvgIpc) is 3.04. The van der Waals surface area contributed by atoms with Gasteiger partial charge in [-0.2, -0.15) is 5.10 Å². The van der Waals surface area contributed by atoms with Gasteiger partial charge >= 0.3 is 0 Å². The third-order valence-electron chi connectivity index (χ3n) is 3.96. The number of carbonyl (C=O) groups excluding carboxylic acids is 1. The van der Waals surface area contributed by atoms with Crippen molar-refractivity contribution < 1.29 is 14.4 Å². The van der Waals surface area contributed by atoms with Gasteiger partial charge in [0.2, 0.25) is 6.10 Å². The number of rotatable bonds is 6. The summed E-state index contributed by atoms with van der Waals surface area (Å²) in [5.74, 6) is 1.27. The summed E-state index contributed by atoms with van der Waals surface area (Å²) in [6.07, 6.45) is 4.30. The zero-order valence-corrected chi connectivity index (χ0v) is 14.5. The molecule has 0 bridgehead atoms. The molecule has 132 valence electrons. The molecule has 1 fully saturated rings. The van der Waals surface area contributed by atoms with Gasteiger partial charge in [0.15, 0.2) is 5.82 Å². The van der Waals surface area contributed by atoms with Crippen molar-refractivity contribution in [3.8, 4) is 5.75 Å². The summed E-state index contributed by atoms with van der Waals surface area (Å²) in [5.41, 5.74) is 0.814. The van der Waals surface area contributed by atoms with Crippen molar-refractivity contribution >= 4 is 17.9 Å². The number of carbonyl (C=O) groups is 1. The number of hydrogen-bond acceptors (Lipinski definition) is 5. The second-order valence-electron chi connectivity index (χ2n) is 5.78. The number of benzene rings is 1. The Balaban J connectivity index is 1.65.